The van der Waals surface area contributed by atoms with Crippen LogP contribution < -0.4 is 0 Å². The van der Waals surface area contributed by atoms with E-state index in [1.165, 1.54) is 11.3 Å². The lowest BCUT2D eigenvalue weighted by Gasteiger charge is -2.15. The van der Waals surface area contributed by atoms with E-state index in [9.17, 15) is 20.2 Å². The molecule has 0 saturated heterocycles. The molecule has 0 saturated carbocycles. The first-order chi connectivity index (χ1) is 10.3. The number of aromatic nitrogens is 1. The molecule has 0 aromatic carbocycles. The van der Waals surface area contributed by atoms with Crippen LogP contribution in [-0.4, -0.2) is 21.8 Å². The Hall–Kier alpha value is -1.97. The van der Waals surface area contributed by atoms with Gasteiger partial charge in [0.25, 0.3) is 10.2 Å². The van der Waals surface area contributed by atoms with E-state index < -0.39 is 16.3 Å². The number of thiazole rings is 1. The fourth-order valence-corrected chi connectivity index (χ4v) is 2.81. The standard InChI is InChI=1S/C10H15N3O6S.C2H6/c1-6(2)9(19-13(16)17)10-11-7(3)8(20-10)4-5-18-12(14)15;1-2/h6,9H,4-5H2,1-3H3;1-2H3. The second-order valence-electron chi connectivity index (χ2n) is 4.36. The summed E-state index contributed by atoms with van der Waals surface area (Å²) >= 11 is 1.25. The van der Waals surface area contributed by atoms with E-state index >= 15 is 0 Å². The largest absolute Gasteiger partial charge is 0.314 e. The van der Waals surface area contributed by atoms with Crippen LogP contribution in [0.2, 0.25) is 0 Å². The van der Waals surface area contributed by atoms with Crippen LogP contribution in [0, 0.1) is 33.1 Å². The van der Waals surface area contributed by atoms with Crippen molar-refractivity contribution in [3.05, 3.63) is 35.8 Å². The summed E-state index contributed by atoms with van der Waals surface area (Å²) in [5, 5.41) is 19.4. The van der Waals surface area contributed by atoms with E-state index in [-0.39, 0.29) is 12.5 Å². The van der Waals surface area contributed by atoms with E-state index in [1.54, 1.807) is 20.8 Å². The first-order valence-corrected chi connectivity index (χ1v) is 7.67. The zero-order valence-corrected chi connectivity index (χ0v) is 14.1. The summed E-state index contributed by atoms with van der Waals surface area (Å²) in [5.41, 5.74) is 0.676. The van der Waals surface area contributed by atoms with Gasteiger partial charge in [-0.1, -0.05) is 27.7 Å². The fraction of sp³-hybridized carbons (Fsp3) is 0.750. The van der Waals surface area contributed by atoms with Gasteiger partial charge in [0.05, 0.1) is 5.69 Å². The van der Waals surface area contributed by atoms with Crippen molar-refractivity contribution in [2.24, 2.45) is 5.92 Å². The molecule has 0 amide bonds. The van der Waals surface area contributed by atoms with E-state index in [0.29, 0.717) is 17.1 Å². The molecule has 10 heteroatoms. The molecule has 0 aliphatic carbocycles. The predicted molar refractivity (Wildman–Crippen MR) is 80.5 cm³/mol. The lowest BCUT2D eigenvalue weighted by molar-refractivity contribution is -0.772. The molecule has 0 N–H and O–H groups in total. The molecule has 0 spiro atoms. The quantitative estimate of drug-likeness (QED) is 0.529. The molecule has 1 rings (SSSR count). The maximum Gasteiger partial charge on any atom is 0.295 e. The van der Waals surface area contributed by atoms with Gasteiger partial charge < -0.3 is 9.68 Å². The van der Waals surface area contributed by atoms with Crippen molar-refractivity contribution in [1.82, 2.24) is 4.98 Å². The summed E-state index contributed by atoms with van der Waals surface area (Å²) in [6.45, 7) is 9.25. The van der Waals surface area contributed by atoms with Crippen molar-refractivity contribution in [1.29, 1.82) is 0 Å². The zero-order valence-electron chi connectivity index (χ0n) is 13.3. The molecule has 0 aliphatic rings. The van der Waals surface area contributed by atoms with Crippen LogP contribution in [0.1, 0.15) is 49.4 Å². The molecule has 1 atom stereocenters. The van der Waals surface area contributed by atoms with Crippen LogP contribution in [0.3, 0.4) is 0 Å². The number of nitrogens with zero attached hydrogens (tertiary/aromatic N) is 3. The van der Waals surface area contributed by atoms with Gasteiger partial charge in [0.15, 0.2) is 6.10 Å². The Bertz CT molecular complexity index is 491. The van der Waals surface area contributed by atoms with Crippen molar-refractivity contribution in [3.8, 4) is 0 Å². The number of rotatable bonds is 8. The number of hydrogen-bond donors (Lipinski definition) is 0. The average Bonchev–Trinajstić information content (AvgIpc) is 2.79. The number of hydrogen-bond acceptors (Lipinski definition) is 8. The fourth-order valence-electron chi connectivity index (χ4n) is 1.56. The smallest absolute Gasteiger partial charge is 0.295 e. The van der Waals surface area contributed by atoms with Gasteiger partial charge in [-0.25, -0.2) is 4.98 Å². The van der Waals surface area contributed by atoms with Crippen LogP contribution >= 0.6 is 11.3 Å². The molecule has 0 bridgehead atoms. The zero-order chi connectivity index (χ0) is 17.3. The highest BCUT2D eigenvalue weighted by Crippen LogP contribution is 2.31. The van der Waals surface area contributed by atoms with Crippen LogP contribution in [-0.2, 0) is 16.1 Å². The molecule has 22 heavy (non-hydrogen) atoms. The van der Waals surface area contributed by atoms with E-state index in [0.717, 1.165) is 4.88 Å². The summed E-state index contributed by atoms with van der Waals surface area (Å²) in [6.07, 6.45) is -0.410. The summed E-state index contributed by atoms with van der Waals surface area (Å²) in [6, 6.07) is 0. The van der Waals surface area contributed by atoms with Gasteiger partial charge in [-0.05, 0) is 12.8 Å². The first kappa shape index (κ1) is 20.0. The minimum Gasteiger partial charge on any atom is -0.314 e. The first-order valence-electron chi connectivity index (χ1n) is 6.86. The van der Waals surface area contributed by atoms with Crippen LogP contribution in [0.5, 0.6) is 0 Å². The van der Waals surface area contributed by atoms with Crippen LogP contribution in [0.4, 0.5) is 0 Å². The molecule has 1 aromatic rings. The highest BCUT2D eigenvalue weighted by atomic mass is 32.1. The van der Waals surface area contributed by atoms with Crippen molar-refractivity contribution < 1.29 is 19.8 Å². The van der Waals surface area contributed by atoms with Crippen LogP contribution in [0.25, 0.3) is 0 Å². The van der Waals surface area contributed by atoms with Crippen LogP contribution in [0.15, 0.2) is 0 Å². The highest BCUT2D eigenvalue weighted by molar-refractivity contribution is 7.11. The number of aryl methyl sites for hydroxylation is 1. The van der Waals surface area contributed by atoms with Crippen molar-refractivity contribution >= 4 is 11.3 Å². The average molecular weight is 335 g/mol. The van der Waals surface area contributed by atoms with Gasteiger partial charge in [0, 0.05) is 11.3 Å². The Labute approximate surface area is 132 Å². The molecule has 0 fully saturated rings. The second-order valence-corrected chi connectivity index (χ2v) is 5.48. The Balaban J connectivity index is 0.00000211. The van der Waals surface area contributed by atoms with E-state index in [1.807, 2.05) is 13.8 Å². The third-order valence-electron chi connectivity index (χ3n) is 2.48. The van der Waals surface area contributed by atoms with Gasteiger partial charge in [0.1, 0.15) is 11.6 Å². The summed E-state index contributed by atoms with van der Waals surface area (Å²) in [4.78, 5) is 34.5. The SMILES string of the molecule is CC.Cc1nc(C(O[N+](=O)[O-])C(C)C)sc1CCO[N+](=O)[O-]. The van der Waals surface area contributed by atoms with Gasteiger partial charge in [-0.2, -0.15) is 0 Å². The maximum atomic E-state index is 10.5. The molecule has 0 aliphatic heterocycles. The minimum absolute atomic E-state index is 0.0715. The van der Waals surface area contributed by atoms with Gasteiger partial charge in [-0.15, -0.1) is 31.6 Å². The third kappa shape index (κ3) is 6.66. The van der Waals surface area contributed by atoms with Crippen molar-refractivity contribution in [3.63, 3.8) is 0 Å². The maximum absolute atomic E-state index is 10.5. The third-order valence-corrected chi connectivity index (χ3v) is 3.76. The van der Waals surface area contributed by atoms with E-state index in [4.69, 9.17) is 0 Å². The van der Waals surface area contributed by atoms with E-state index in [2.05, 4.69) is 14.7 Å². The van der Waals surface area contributed by atoms with Gasteiger partial charge in [0.2, 0.25) is 0 Å². The molecular formula is C12H21N3O6S. The van der Waals surface area contributed by atoms with Gasteiger partial charge >= 0.3 is 0 Å². The monoisotopic (exact) mass is 335 g/mol. The lowest BCUT2D eigenvalue weighted by atomic mass is 10.1. The normalized spacial score (nSPS) is 11.4. The summed E-state index contributed by atoms with van der Waals surface area (Å²) < 4.78 is 0. The summed E-state index contributed by atoms with van der Waals surface area (Å²) in [7, 11) is 0. The Morgan fingerprint density at radius 3 is 2.27 bits per heavy atom. The Morgan fingerprint density at radius 1 is 1.23 bits per heavy atom. The highest BCUT2D eigenvalue weighted by Gasteiger charge is 2.24. The molecule has 0 radical (unpaired) electrons. The molecular weight excluding hydrogens is 314 g/mol. The topological polar surface area (TPSA) is 118 Å². The predicted octanol–water partition coefficient (Wildman–Crippen LogP) is 3.13. The molecule has 126 valence electrons. The molecule has 9 nitrogen and oxygen atoms in total. The summed E-state index contributed by atoms with van der Waals surface area (Å²) in [5.74, 6) is -0.117. The lowest BCUT2D eigenvalue weighted by Crippen LogP contribution is -2.14. The second kappa shape index (κ2) is 9.87. The Morgan fingerprint density at radius 2 is 1.82 bits per heavy atom. The minimum atomic E-state index is -0.857. The van der Waals surface area contributed by atoms with Gasteiger partial charge in [-0.3, -0.25) is 0 Å². The van der Waals surface area contributed by atoms with Crippen molar-refractivity contribution in [2.75, 3.05) is 6.61 Å². The Kier molecular flexibility index (Phi) is 8.99. The molecule has 1 heterocycles. The molecule has 1 unspecified atom stereocenters. The molecule has 1 aromatic heterocycles. The van der Waals surface area contributed by atoms with Crippen molar-refractivity contribution in [2.45, 2.75) is 47.1 Å².